The topological polar surface area (TPSA) is 42.0 Å². The highest BCUT2D eigenvalue weighted by Gasteiger charge is 2.14. The van der Waals surface area contributed by atoms with Gasteiger partial charge in [-0.15, -0.1) is 22.7 Å². The number of thiophene rings is 1. The summed E-state index contributed by atoms with van der Waals surface area (Å²) in [6.45, 7) is 6.07. The van der Waals surface area contributed by atoms with E-state index in [1.54, 1.807) is 11.3 Å². The Labute approximate surface area is 137 Å². The van der Waals surface area contributed by atoms with Crippen LogP contribution in [0.2, 0.25) is 0 Å². The van der Waals surface area contributed by atoms with E-state index in [4.69, 9.17) is 0 Å². The fourth-order valence-electron chi connectivity index (χ4n) is 2.45. The zero-order valence-electron chi connectivity index (χ0n) is 12.6. The molecule has 2 heterocycles. The van der Waals surface area contributed by atoms with Crippen molar-refractivity contribution < 1.29 is 4.79 Å². The molecule has 3 aromatic rings. The highest BCUT2D eigenvalue weighted by atomic mass is 32.1. The summed E-state index contributed by atoms with van der Waals surface area (Å²) >= 11 is 3.12. The summed E-state index contributed by atoms with van der Waals surface area (Å²) in [4.78, 5) is 18.0. The molecule has 1 aromatic carbocycles. The summed E-state index contributed by atoms with van der Waals surface area (Å²) < 4.78 is 0. The molecule has 1 N–H and O–H groups in total. The van der Waals surface area contributed by atoms with Gasteiger partial charge in [-0.25, -0.2) is 4.98 Å². The summed E-state index contributed by atoms with van der Waals surface area (Å²) in [5.41, 5.74) is 4.68. The lowest BCUT2D eigenvalue weighted by Gasteiger charge is -2.11. The molecule has 5 heteroatoms. The maximum atomic E-state index is 12.4. The van der Waals surface area contributed by atoms with Gasteiger partial charge < -0.3 is 5.32 Å². The van der Waals surface area contributed by atoms with Crippen molar-refractivity contribution in [3.05, 3.63) is 57.4 Å². The van der Waals surface area contributed by atoms with Crippen LogP contribution in [0.15, 0.2) is 35.0 Å². The lowest BCUT2D eigenvalue weighted by Crippen LogP contribution is -2.14. The van der Waals surface area contributed by atoms with E-state index < -0.39 is 0 Å². The Morgan fingerprint density at radius 3 is 2.50 bits per heavy atom. The Morgan fingerprint density at radius 1 is 1.14 bits per heavy atom. The minimum absolute atomic E-state index is 0.158. The first-order valence-corrected chi connectivity index (χ1v) is 8.69. The Hall–Kier alpha value is -1.98. The summed E-state index contributed by atoms with van der Waals surface area (Å²) in [7, 11) is 0. The van der Waals surface area contributed by atoms with E-state index in [0.29, 0.717) is 5.69 Å². The van der Waals surface area contributed by atoms with Crippen molar-refractivity contribution in [1.29, 1.82) is 0 Å². The number of carbonyl (C=O) groups is 1. The van der Waals surface area contributed by atoms with Crippen molar-refractivity contribution in [2.45, 2.75) is 20.8 Å². The number of anilines is 1. The number of carbonyl (C=O) groups excluding carboxylic acids is 1. The van der Waals surface area contributed by atoms with Gasteiger partial charge in [0.05, 0.1) is 4.88 Å². The lowest BCUT2D eigenvalue weighted by atomic mass is 10.1. The summed E-state index contributed by atoms with van der Waals surface area (Å²) in [5, 5.41) is 7.69. The third-order valence-electron chi connectivity index (χ3n) is 3.38. The summed E-state index contributed by atoms with van der Waals surface area (Å²) in [6, 6.07) is 8.14. The number of nitrogens with zero attached hydrogens (tertiary/aromatic N) is 1. The van der Waals surface area contributed by atoms with E-state index in [9.17, 15) is 4.79 Å². The molecular formula is C17H16N2OS2. The number of amides is 1. The minimum atomic E-state index is -0.158. The van der Waals surface area contributed by atoms with Crippen LogP contribution in [0.25, 0.3) is 9.88 Å². The van der Waals surface area contributed by atoms with E-state index in [-0.39, 0.29) is 5.91 Å². The third kappa shape index (κ3) is 2.96. The number of hydrogen-bond donors (Lipinski definition) is 1. The van der Waals surface area contributed by atoms with Crippen LogP contribution in [0.1, 0.15) is 27.2 Å². The largest absolute Gasteiger partial charge is 0.320 e. The summed E-state index contributed by atoms with van der Waals surface area (Å²) in [5.74, 6) is -0.158. The molecule has 0 aliphatic rings. The van der Waals surface area contributed by atoms with Crippen LogP contribution in [0, 0.1) is 20.8 Å². The van der Waals surface area contributed by atoms with Crippen molar-refractivity contribution in [2.75, 3.05) is 5.32 Å². The molecule has 0 bridgehead atoms. The Bertz CT molecular complexity index is 796. The van der Waals surface area contributed by atoms with Crippen LogP contribution >= 0.6 is 22.7 Å². The molecule has 0 aliphatic carbocycles. The number of benzene rings is 1. The molecule has 3 rings (SSSR count). The maximum absolute atomic E-state index is 12.4. The van der Waals surface area contributed by atoms with E-state index >= 15 is 0 Å². The molecule has 0 unspecified atom stereocenters. The molecule has 0 saturated carbocycles. The first kappa shape index (κ1) is 14.9. The number of aromatic nitrogens is 1. The van der Waals surface area contributed by atoms with Crippen LogP contribution in [0.4, 0.5) is 5.69 Å². The Kier molecular flexibility index (Phi) is 4.09. The van der Waals surface area contributed by atoms with E-state index in [0.717, 1.165) is 26.7 Å². The second-order valence-corrected chi connectivity index (χ2v) is 7.05. The number of nitrogens with one attached hydrogen (secondary N) is 1. The van der Waals surface area contributed by atoms with Gasteiger partial charge >= 0.3 is 0 Å². The first-order chi connectivity index (χ1) is 10.5. The van der Waals surface area contributed by atoms with Crippen LogP contribution in [0.5, 0.6) is 0 Å². The van der Waals surface area contributed by atoms with Crippen molar-refractivity contribution in [3.8, 4) is 9.88 Å². The minimum Gasteiger partial charge on any atom is -0.320 e. The summed E-state index contributed by atoms with van der Waals surface area (Å²) in [6.07, 6.45) is 0. The van der Waals surface area contributed by atoms with Gasteiger partial charge in [0, 0.05) is 11.1 Å². The molecular weight excluding hydrogens is 312 g/mol. The van der Waals surface area contributed by atoms with Gasteiger partial charge in [-0.3, -0.25) is 4.79 Å². The highest BCUT2D eigenvalue weighted by molar-refractivity contribution is 7.20. The van der Waals surface area contributed by atoms with Gasteiger partial charge in [0.1, 0.15) is 10.7 Å². The molecule has 112 valence electrons. The maximum Gasteiger partial charge on any atom is 0.275 e. The van der Waals surface area contributed by atoms with E-state index in [2.05, 4.69) is 29.4 Å². The smallest absolute Gasteiger partial charge is 0.275 e. The molecule has 0 atom stereocenters. The van der Waals surface area contributed by atoms with Gasteiger partial charge in [-0.1, -0.05) is 23.8 Å². The second-order valence-electron chi connectivity index (χ2n) is 5.24. The molecule has 2 aromatic heterocycles. The molecule has 0 fully saturated rings. The average molecular weight is 328 g/mol. The highest BCUT2D eigenvalue weighted by Crippen LogP contribution is 2.28. The molecule has 0 aliphatic heterocycles. The monoisotopic (exact) mass is 328 g/mol. The lowest BCUT2D eigenvalue weighted by molar-refractivity contribution is 0.102. The predicted molar refractivity (Wildman–Crippen MR) is 94.0 cm³/mol. The average Bonchev–Trinajstić information content (AvgIpc) is 3.12. The van der Waals surface area contributed by atoms with Crippen molar-refractivity contribution in [3.63, 3.8) is 0 Å². The van der Waals surface area contributed by atoms with Crippen LogP contribution < -0.4 is 5.32 Å². The number of rotatable bonds is 3. The Balaban J connectivity index is 1.84. The standard InChI is InChI=1S/C17H16N2OS2/c1-10-7-11(2)15(12(3)8-10)19-16(20)13-9-22-17(18-13)14-5-4-6-21-14/h4-9H,1-3H3,(H,19,20). The molecule has 0 spiro atoms. The van der Waals surface area contributed by atoms with Gasteiger partial charge in [-0.2, -0.15) is 0 Å². The molecule has 0 saturated heterocycles. The van der Waals surface area contributed by atoms with E-state index in [1.807, 2.05) is 36.7 Å². The number of thiazole rings is 1. The van der Waals surface area contributed by atoms with Gasteiger partial charge in [0.15, 0.2) is 0 Å². The second kappa shape index (κ2) is 6.02. The molecule has 3 nitrogen and oxygen atoms in total. The normalized spacial score (nSPS) is 10.7. The van der Waals surface area contributed by atoms with Gasteiger partial charge in [0.2, 0.25) is 0 Å². The fraction of sp³-hybridized carbons (Fsp3) is 0.176. The third-order valence-corrected chi connectivity index (χ3v) is 5.27. The Morgan fingerprint density at radius 2 is 1.86 bits per heavy atom. The van der Waals surface area contributed by atoms with Gasteiger partial charge in [-0.05, 0) is 43.3 Å². The zero-order valence-corrected chi connectivity index (χ0v) is 14.3. The van der Waals surface area contributed by atoms with Crippen LogP contribution in [-0.4, -0.2) is 10.9 Å². The van der Waals surface area contributed by atoms with Crippen molar-refractivity contribution >= 4 is 34.3 Å². The van der Waals surface area contributed by atoms with Crippen LogP contribution in [0.3, 0.4) is 0 Å². The van der Waals surface area contributed by atoms with E-state index in [1.165, 1.54) is 16.9 Å². The number of hydrogen-bond acceptors (Lipinski definition) is 4. The number of aryl methyl sites for hydroxylation is 3. The first-order valence-electron chi connectivity index (χ1n) is 6.93. The fourth-order valence-corrected chi connectivity index (χ4v) is 4.06. The van der Waals surface area contributed by atoms with Crippen molar-refractivity contribution in [1.82, 2.24) is 4.98 Å². The molecule has 0 radical (unpaired) electrons. The quantitative estimate of drug-likeness (QED) is 0.731. The predicted octanol–water partition coefficient (Wildman–Crippen LogP) is 5.05. The zero-order chi connectivity index (χ0) is 15.7. The van der Waals surface area contributed by atoms with Crippen LogP contribution in [-0.2, 0) is 0 Å². The van der Waals surface area contributed by atoms with Crippen molar-refractivity contribution in [2.24, 2.45) is 0 Å². The SMILES string of the molecule is Cc1cc(C)c(NC(=O)c2csc(-c3cccs3)n2)c(C)c1. The molecule has 1 amide bonds. The van der Waals surface area contributed by atoms with Gasteiger partial charge in [0.25, 0.3) is 5.91 Å². The molecule has 22 heavy (non-hydrogen) atoms.